The zero-order valence-corrected chi connectivity index (χ0v) is 20.1. The third-order valence-corrected chi connectivity index (χ3v) is 6.11. The van der Waals surface area contributed by atoms with Crippen LogP contribution in [0.15, 0.2) is 83.0 Å². The fraction of sp³-hybridized carbons (Fsp3) is 0.154. The van der Waals surface area contributed by atoms with E-state index in [0.717, 1.165) is 27.7 Å². The molecule has 5 aromatic rings. The van der Waals surface area contributed by atoms with Gasteiger partial charge in [-0.25, -0.2) is 14.9 Å². The third-order valence-electron chi connectivity index (χ3n) is 5.86. The molecule has 0 spiro atoms. The van der Waals surface area contributed by atoms with Gasteiger partial charge in [0.2, 0.25) is 0 Å². The minimum absolute atomic E-state index is 0.241. The second-order valence-electron chi connectivity index (χ2n) is 8.34. The van der Waals surface area contributed by atoms with Crippen molar-refractivity contribution >= 4 is 34.6 Å². The zero-order valence-electron chi connectivity index (χ0n) is 19.3. The molecular weight excluding hydrogens is 478 g/mol. The van der Waals surface area contributed by atoms with Crippen LogP contribution in [0.1, 0.15) is 22.6 Å². The van der Waals surface area contributed by atoms with Gasteiger partial charge in [-0.3, -0.25) is 9.36 Å². The van der Waals surface area contributed by atoms with Crippen molar-refractivity contribution in [1.82, 2.24) is 29.7 Å². The van der Waals surface area contributed by atoms with Gasteiger partial charge in [0.25, 0.3) is 5.91 Å². The summed E-state index contributed by atoms with van der Waals surface area (Å²) in [5, 5.41) is 10.2. The van der Waals surface area contributed by atoms with Gasteiger partial charge in [0, 0.05) is 41.3 Å². The molecule has 5 rings (SSSR count). The van der Waals surface area contributed by atoms with Crippen molar-refractivity contribution in [2.45, 2.75) is 25.9 Å². The largest absolute Gasteiger partial charge is 0.361 e. The highest BCUT2D eigenvalue weighted by molar-refractivity contribution is 6.30. The summed E-state index contributed by atoms with van der Waals surface area (Å²) in [5.41, 5.74) is 5.97. The van der Waals surface area contributed by atoms with Crippen LogP contribution in [0.4, 0.5) is 0 Å². The van der Waals surface area contributed by atoms with E-state index < -0.39 is 5.91 Å². The summed E-state index contributed by atoms with van der Waals surface area (Å²) >= 11 is 6.03. The van der Waals surface area contributed by atoms with E-state index in [2.05, 4.69) is 31.7 Å². The number of aromatic amines is 2. The van der Waals surface area contributed by atoms with Crippen molar-refractivity contribution in [3.05, 3.63) is 111 Å². The molecule has 2 aromatic carbocycles. The van der Waals surface area contributed by atoms with Gasteiger partial charge in [-0.05, 0) is 47.9 Å². The lowest BCUT2D eigenvalue weighted by atomic mass is 10.1. The van der Waals surface area contributed by atoms with Crippen LogP contribution >= 0.6 is 11.6 Å². The van der Waals surface area contributed by atoms with E-state index in [1.807, 2.05) is 48.7 Å². The van der Waals surface area contributed by atoms with Gasteiger partial charge in [0.1, 0.15) is 12.4 Å². The quantitative estimate of drug-likeness (QED) is 0.212. The molecule has 0 radical (unpaired) electrons. The number of rotatable bonds is 9. The van der Waals surface area contributed by atoms with E-state index in [1.165, 1.54) is 10.9 Å². The fourth-order valence-electron chi connectivity index (χ4n) is 4.07. The molecule has 0 atom stereocenters. The number of para-hydroxylation sites is 1. The number of amides is 1. The Morgan fingerprint density at radius 1 is 1.08 bits per heavy atom. The van der Waals surface area contributed by atoms with Gasteiger partial charge < -0.3 is 9.97 Å². The summed E-state index contributed by atoms with van der Waals surface area (Å²) in [4.78, 5) is 31.9. The summed E-state index contributed by atoms with van der Waals surface area (Å²) in [6.45, 7) is 0.185. The second-order valence-corrected chi connectivity index (χ2v) is 8.78. The van der Waals surface area contributed by atoms with Crippen LogP contribution in [0.3, 0.4) is 0 Å². The maximum absolute atomic E-state index is 13.3. The van der Waals surface area contributed by atoms with Crippen molar-refractivity contribution < 1.29 is 4.79 Å². The Morgan fingerprint density at radius 2 is 1.92 bits per heavy atom. The van der Waals surface area contributed by atoms with Crippen LogP contribution in [0.5, 0.6) is 0 Å². The van der Waals surface area contributed by atoms with Crippen LogP contribution in [0.2, 0.25) is 5.02 Å². The van der Waals surface area contributed by atoms with Crippen LogP contribution in [-0.2, 0) is 30.7 Å². The van der Waals surface area contributed by atoms with Crippen molar-refractivity contribution in [1.29, 1.82) is 0 Å². The van der Waals surface area contributed by atoms with Crippen LogP contribution in [0, 0.1) is 0 Å². The molecule has 182 valence electrons. The lowest BCUT2D eigenvalue weighted by molar-refractivity contribution is -0.121. The minimum atomic E-state index is -0.445. The molecule has 3 aromatic heterocycles. The number of halogens is 1. The van der Waals surface area contributed by atoms with Gasteiger partial charge in [-0.1, -0.05) is 41.9 Å². The molecule has 0 aliphatic heterocycles. The first-order valence-corrected chi connectivity index (χ1v) is 11.9. The number of aryl methyl sites for hydroxylation is 1. The average molecular weight is 502 g/mol. The van der Waals surface area contributed by atoms with E-state index in [-0.39, 0.29) is 12.2 Å². The maximum atomic E-state index is 13.3. The van der Waals surface area contributed by atoms with Gasteiger partial charge in [-0.2, -0.15) is 10.2 Å². The molecule has 0 unspecified atom stereocenters. The second kappa shape index (κ2) is 10.5. The van der Waals surface area contributed by atoms with Crippen molar-refractivity contribution in [2.75, 3.05) is 0 Å². The summed E-state index contributed by atoms with van der Waals surface area (Å²) in [5.74, 6) is 0.129. The molecule has 0 fully saturated rings. The highest BCUT2D eigenvalue weighted by atomic mass is 35.5. The average Bonchev–Trinajstić information content (AvgIpc) is 3.60. The summed E-state index contributed by atoms with van der Waals surface area (Å²) in [7, 11) is 0. The number of fused-ring (bicyclic) bond motifs is 1. The standard InChI is InChI=1S/C26H24ClN7O2/c27-20-9-7-18(8-10-20)14-24-32-34(17-25(35)31-30-16-21-4-3-12-28-21)26(36)33(24)13-11-19-15-29-23-6-2-1-5-22(19)23/h1-10,12,15-16,28-29H,11,13-14,17H2,(H,31,35)/b30-16-. The Kier molecular flexibility index (Phi) is 6.81. The molecule has 0 bridgehead atoms. The van der Waals surface area contributed by atoms with Crippen LogP contribution in [-0.4, -0.2) is 36.4 Å². The lowest BCUT2D eigenvalue weighted by Crippen LogP contribution is -2.32. The van der Waals surface area contributed by atoms with Crippen molar-refractivity contribution in [3.63, 3.8) is 0 Å². The number of hydrazone groups is 1. The smallest absolute Gasteiger partial charge is 0.346 e. The molecule has 10 heteroatoms. The Balaban J connectivity index is 1.37. The van der Waals surface area contributed by atoms with E-state index in [4.69, 9.17) is 11.6 Å². The summed E-state index contributed by atoms with van der Waals surface area (Å²) < 4.78 is 2.81. The third kappa shape index (κ3) is 5.31. The highest BCUT2D eigenvalue weighted by Crippen LogP contribution is 2.19. The normalized spacial score (nSPS) is 11.5. The number of aromatic nitrogens is 5. The monoisotopic (exact) mass is 501 g/mol. The Hall–Kier alpha value is -4.37. The SMILES string of the molecule is O=C(Cn1nc(Cc2ccc(Cl)cc2)n(CCc2c[nH]c3ccccc23)c1=O)N/N=C\c1ccc[nH]1. The molecular formula is C26H24ClN7O2. The number of nitrogens with one attached hydrogen (secondary N) is 3. The topological polar surface area (TPSA) is 113 Å². The fourth-order valence-corrected chi connectivity index (χ4v) is 4.20. The first-order valence-electron chi connectivity index (χ1n) is 11.5. The highest BCUT2D eigenvalue weighted by Gasteiger charge is 2.17. The molecule has 1 amide bonds. The Labute approximate surface area is 211 Å². The van der Waals surface area contributed by atoms with E-state index in [9.17, 15) is 9.59 Å². The first kappa shape index (κ1) is 23.4. The van der Waals surface area contributed by atoms with Crippen molar-refractivity contribution in [3.8, 4) is 0 Å². The van der Waals surface area contributed by atoms with E-state index >= 15 is 0 Å². The van der Waals surface area contributed by atoms with Crippen LogP contribution < -0.4 is 11.1 Å². The number of carbonyl (C=O) groups excluding carboxylic acids is 1. The van der Waals surface area contributed by atoms with Gasteiger partial charge in [0.15, 0.2) is 0 Å². The lowest BCUT2D eigenvalue weighted by Gasteiger charge is -2.06. The van der Waals surface area contributed by atoms with Crippen LogP contribution in [0.25, 0.3) is 10.9 Å². The van der Waals surface area contributed by atoms with E-state index in [1.54, 1.807) is 22.9 Å². The summed E-state index contributed by atoms with van der Waals surface area (Å²) in [6, 6.07) is 19.1. The molecule has 36 heavy (non-hydrogen) atoms. The van der Waals surface area contributed by atoms with Crippen molar-refractivity contribution in [2.24, 2.45) is 5.10 Å². The number of nitrogens with zero attached hydrogens (tertiary/aromatic N) is 4. The van der Waals surface area contributed by atoms with E-state index in [0.29, 0.717) is 30.2 Å². The number of hydrogen-bond donors (Lipinski definition) is 3. The predicted octanol–water partition coefficient (Wildman–Crippen LogP) is 3.49. The number of benzene rings is 2. The number of hydrogen-bond acceptors (Lipinski definition) is 4. The molecule has 0 saturated heterocycles. The Bertz CT molecular complexity index is 1560. The number of carbonyl (C=O) groups is 1. The summed E-state index contributed by atoms with van der Waals surface area (Å²) in [6.07, 6.45) is 6.28. The molecule has 9 nitrogen and oxygen atoms in total. The maximum Gasteiger partial charge on any atom is 0.346 e. The Morgan fingerprint density at radius 3 is 2.72 bits per heavy atom. The number of H-pyrrole nitrogens is 2. The first-order chi connectivity index (χ1) is 17.6. The minimum Gasteiger partial charge on any atom is -0.361 e. The molecule has 0 aliphatic rings. The predicted molar refractivity (Wildman–Crippen MR) is 139 cm³/mol. The zero-order chi connectivity index (χ0) is 24.9. The van der Waals surface area contributed by atoms with Gasteiger partial charge in [0.05, 0.1) is 11.9 Å². The van der Waals surface area contributed by atoms with Gasteiger partial charge >= 0.3 is 5.69 Å². The molecule has 0 aliphatic carbocycles. The van der Waals surface area contributed by atoms with Gasteiger partial charge in [-0.15, -0.1) is 0 Å². The molecule has 3 N–H and O–H groups in total. The molecule has 3 heterocycles. The molecule has 0 saturated carbocycles.